The number of rotatable bonds is 20. The molecule has 3 N–H and O–H groups in total. The topological polar surface area (TPSA) is 117 Å². The van der Waals surface area contributed by atoms with Crippen molar-refractivity contribution in [3.8, 4) is 11.5 Å². The molecule has 0 heterocycles. The first-order chi connectivity index (χ1) is 21.2. The number of aliphatic hydroxyl groups is 1. The van der Waals surface area contributed by atoms with Crippen LogP contribution in [0.2, 0.25) is 0 Å². The highest BCUT2D eigenvalue weighted by molar-refractivity contribution is 7.89. The molecule has 44 heavy (non-hydrogen) atoms. The smallest absolute Gasteiger partial charge is 0.221 e. The van der Waals surface area contributed by atoms with Crippen LogP contribution in [0.15, 0.2) is 78.9 Å². The van der Waals surface area contributed by atoms with E-state index < -0.39 is 28.1 Å². The quantitative estimate of drug-likeness (QED) is 0.172. The molecular weight excluding hydrogens is 578 g/mol. The largest absolute Gasteiger partial charge is 0.497 e. The van der Waals surface area contributed by atoms with Gasteiger partial charge in [0.1, 0.15) is 18.1 Å². The lowest BCUT2D eigenvalue weighted by molar-refractivity contribution is -0.122. The van der Waals surface area contributed by atoms with Gasteiger partial charge >= 0.3 is 0 Å². The van der Waals surface area contributed by atoms with Crippen molar-refractivity contribution in [2.45, 2.75) is 64.8 Å². The minimum Gasteiger partial charge on any atom is -0.497 e. The maximum atomic E-state index is 13.1. The predicted octanol–water partition coefficient (Wildman–Crippen LogP) is 4.29. The van der Waals surface area contributed by atoms with Gasteiger partial charge in [0.05, 0.1) is 25.0 Å². The molecule has 0 saturated carbocycles. The summed E-state index contributed by atoms with van der Waals surface area (Å²) in [6, 6.07) is 24.4. The standard InChI is InChI=1S/C34H47N3O6S/c1-4-18-37(19-5-2)44(40,41)20-17-34(39)36-32(33(38)25-35-24-29-14-10-15-30(22-29)42-3)23-28-13-9-16-31(21-28)43-26-27-11-7-6-8-12-27/h6-16,21-22,32-33,35,38H,4-5,17-20,23-26H2,1-3H3,(H,36,39)/t32-,33-/m0/s1. The van der Waals surface area contributed by atoms with E-state index in [1.54, 1.807) is 7.11 Å². The molecule has 10 heteroatoms. The molecule has 0 unspecified atom stereocenters. The van der Waals surface area contributed by atoms with Gasteiger partial charge in [0.25, 0.3) is 0 Å². The molecule has 3 aromatic carbocycles. The van der Waals surface area contributed by atoms with Gasteiger partial charge in [-0.1, -0.05) is 68.4 Å². The second kappa shape index (κ2) is 18.4. The lowest BCUT2D eigenvalue weighted by Gasteiger charge is -2.26. The lowest BCUT2D eigenvalue weighted by Crippen LogP contribution is -2.49. The number of ether oxygens (including phenoxy) is 2. The van der Waals surface area contributed by atoms with E-state index in [0.29, 0.717) is 51.3 Å². The van der Waals surface area contributed by atoms with E-state index >= 15 is 0 Å². The van der Waals surface area contributed by atoms with E-state index in [9.17, 15) is 18.3 Å². The monoisotopic (exact) mass is 625 g/mol. The van der Waals surface area contributed by atoms with Gasteiger partial charge in [0.2, 0.25) is 15.9 Å². The van der Waals surface area contributed by atoms with Crippen LogP contribution in [0, 0.1) is 0 Å². The number of nitrogens with one attached hydrogen (secondary N) is 2. The Labute approximate surface area is 262 Å². The average Bonchev–Trinajstić information content (AvgIpc) is 3.03. The lowest BCUT2D eigenvalue weighted by atomic mass is 10.0. The number of nitrogens with zero attached hydrogens (tertiary/aromatic N) is 1. The van der Waals surface area contributed by atoms with Gasteiger partial charge in [0.15, 0.2) is 0 Å². The van der Waals surface area contributed by atoms with Crippen molar-refractivity contribution in [2.75, 3.05) is 32.5 Å². The Balaban J connectivity index is 1.67. The van der Waals surface area contributed by atoms with Crippen molar-refractivity contribution >= 4 is 15.9 Å². The summed E-state index contributed by atoms with van der Waals surface area (Å²) in [6.07, 6.45) is 0.618. The van der Waals surface area contributed by atoms with Crippen molar-refractivity contribution in [2.24, 2.45) is 0 Å². The van der Waals surface area contributed by atoms with Crippen LogP contribution in [0.3, 0.4) is 0 Å². The van der Waals surface area contributed by atoms with E-state index in [1.165, 1.54) is 4.31 Å². The molecular formula is C34H47N3O6S. The fraction of sp³-hybridized carbons (Fsp3) is 0.441. The molecule has 1 amide bonds. The first kappa shape index (κ1) is 35.0. The molecule has 9 nitrogen and oxygen atoms in total. The Morgan fingerprint density at radius 1 is 0.886 bits per heavy atom. The van der Waals surface area contributed by atoms with Crippen LogP contribution in [0.1, 0.15) is 49.8 Å². The molecule has 3 rings (SSSR count). The fourth-order valence-corrected chi connectivity index (χ4v) is 6.47. The summed E-state index contributed by atoms with van der Waals surface area (Å²) in [5, 5.41) is 17.4. The summed E-state index contributed by atoms with van der Waals surface area (Å²) in [4.78, 5) is 13.1. The molecule has 0 aliphatic carbocycles. The number of carbonyl (C=O) groups excluding carboxylic acids is 1. The minimum atomic E-state index is -3.57. The third kappa shape index (κ3) is 11.9. The van der Waals surface area contributed by atoms with Gasteiger partial charge in [-0.2, -0.15) is 0 Å². The Hall–Kier alpha value is -3.44. The molecule has 0 spiro atoms. The van der Waals surface area contributed by atoms with E-state index in [-0.39, 0.29) is 18.7 Å². The molecule has 0 aliphatic heterocycles. The summed E-state index contributed by atoms with van der Waals surface area (Å²) in [6.45, 7) is 5.86. The fourth-order valence-electron chi connectivity index (χ4n) is 4.85. The Bertz CT molecular complexity index is 1380. The Kier molecular flexibility index (Phi) is 14.6. The number of sulfonamides is 1. The van der Waals surface area contributed by atoms with Crippen molar-refractivity contribution in [1.82, 2.24) is 14.9 Å². The molecule has 0 aliphatic rings. The van der Waals surface area contributed by atoms with Gasteiger partial charge in [-0.25, -0.2) is 12.7 Å². The van der Waals surface area contributed by atoms with Gasteiger partial charge in [0, 0.05) is 32.6 Å². The molecule has 240 valence electrons. The zero-order valence-corrected chi connectivity index (χ0v) is 26.9. The summed E-state index contributed by atoms with van der Waals surface area (Å²) >= 11 is 0. The zero-order valence-electron chi connectivity index (χ0n) is 26.1. The second-order valence-corrected chi connectivity index (χ2v) is 12.9. The van der Waals surface area contributed by atoms with E-state index in [0.717, 1.165) is 22.4 Å². The SMILES string of the molecule is CCCN(CCC)S(=O)(=O)CCC(=O)N[C@@H](Cc1cccc(OCc2ccccc2)c1)[C@@H](O)CNCc1cccc(OC)c1. The zero-order chi connectivity index (χ0) is 31.8. The van der Waals surface area contributed by atoms with E-state index in [1.807, 2.05) is 92.7 Å². The summed E-state index contributed by atoms with van der Waals surface area (Å²) in [7, 11) is -1.96. The molecule has 0 radical (unpaired) electrons. The predicted molar refractivity (Wildman–Crippen MR) is 174 cm³/mol. The van der Waals surface area contributed by atoms with Crippen LogP contribution in [-0.4, -0.2) is 68.4 Å². The van der Waals surface area contributed by atoms with Gasteiger partial charge in [-0.3, -0.25) is 4.79 Å². The maximum absolute atomic E-state index is 13.1. The average molecular weight is 626 g/mol. The van der Waals surface area contributed by atoms with Crippen molar-refractivity contribution in [3.05, 3.63) is 95.6 Å². The summed E-state index contributed by atoms with van der Waals surface area (Å²) in [5.41, 5.74) is 2.92. The van der Waals surface area contributed by atoms with Crippen molar-refractivity contribution < 1.29 is 27.8 Å². The molecule has 0 saturated heterocycles. The molecule has 2 atom stereocenters. The molecule has 0 bridgehead atoms. The van der Waals surface area contributed by atoms with E-state index in [4.69, 9.17) is 9.47 Å². The van der Waals surface area contributed by atoms with Crippen LogP contribution in [0.5, 0.6) is 11.5 Å². The summed E-state index contributed by atoms with van der Waals surface area (Å²) in [5.74, 6) is 0.726. The van der Waals surface area contributed by atoms with Crippen LogP contribution in [0.25, 0.3) is 0 Å². The number of aliphatic hydroxyl groups excluding tert-OH is 1. The number of amides is 1. The highest BCUT2D eigenvalue weighted by Gasteiger charge is 2.25. The molecule has 0 fully saturated rings. The minimum absolute atomic E-state index is 0.188. The third-order valence-electron chi connectivity index (χ3n) is 7.16. The first-order valence-corrected chi connectivity index (χ1v) is 16.9. The van der Waals surface area contributed by atoms with Crippen LogP contribution >= 0.6 is 0 Å². The number of benzene rings is 3. The van der Waals surface area contributed by atoms with Crippen LogP contribution in [-0.2, 0) is 34.4 Å². The Morgan fingerprint density at radius 3 is 2.20 bits per heavy atom. The van der Waals surface area contributed by atoms with E-state index in [2.05, 4.69) is 10.6 Å². The van der Waals surface area contributed by atoms with Crippen LogP contribution < -0.4 is 20.1 Å². The van der Waals surface area contributed by atoms with Crippen molar-refractivity contribution in [1.29, 1.82) is 0 Å². The normalized spacial score (nSPS) is 12.9. The highest BCUT2D eigenvalue weighted by Crippen LogP contribution is 2.18. The van der Waals surface area contributed by atoms with Gasteiger partial charge in [-0.05, 0) is 60.2 Å². The third-order valence-corrected chi connectivity index (χ3v) is 9.03. The number of hydrogen-bond donors (Lipinski definition) is 3. The van der Waals surface area contributed by atoms with Crippen molar-refractivity contribution in [3.63, 3.8) is 0 Å². The Morgan fingerprint density at radius 2 is 1.52 bits per heavy atom. The molecule has 3 aromatic rings. The number of hydrogen-bond acceptors (Lipinski definition) is 7. The number of methoxy groups -OCH3 is 1. The maximum Gasteiger partial charge on any atom is 0.221 e. The van der Waals surface area contributed by atoms with Gasteiger partial charge in [-0.15, -0.1) is 0 Å². The highest BCUT2D eigenvalue weighted by atomic mass is 32.2. The first-order valence-electron chi connectivity index (χ1n) is 15.3. The summed E-state index contributed by atoms with van der Waals surface area (Å²) < 4.78 is 38.6. The van der Waals surface area contributed by atoms with Crippen LogP contribution in [0.4, 0.5) is 0 Å². The molecule has 0 aromatic heterocycles. The second-order valence-electron chi connectivity index (χ2n) is 10.8. The van der Waals surface area contributed by atoms with Gasteiger partial charge < -0.3 is 25.2 Å². The number of carbonyl (C=O) groups is 1.